The van der Waals surface area contributed by atoms with Gasteiger partial charge in [-0.3, -0.25) is 9.59 Å². The standard InChI is InChI=1S/C7H9ClO3/c1-3-7(11-8)6(10)4-5(2)9/h3H,4H2,1-2H3. The van der Waals surface area contributed by atoms with Gasteiger partial charge in [-0.05, 0) is 19.9 Å². The molecule has 0 aromatic carbocycles. The van der Waals surface area contributed by atoms with Gasteiger partial charge in [0.1, 0.15) is 17.6 Å². The van der Waals surface area contributed by atoms with Crippen molar-refractivity contribution in [3.05, 3.63) is 11.8 Å². The molecule has 0 saturated carbocycles. The monoisotopic (exact) mass is 176 g/mol. The van der Waals surface area contributed by atoms with E-state index in [1.165, 1.54) is 13.0 Å². The maximum Gasteiger partial charge on any atom is 0.206 e. The van der Waals surface area contributed by atoms with Crippen molar-refractivity contribution in [3.8, 4) is 0 Å². The molecule has 4 heteroatoms. The van der Waals surface area contributed by atoms with E-state index in [4.69, 9.17) is 11.9 Å². The first-order valence-corrected chi connectivity index (χ1v) is 3.40. The summed E-state index contributed by atoms with van der Waals surface area (Å²) in [5.74, 6) is -0.583. The Labute approximate surface area is 70.2 Å². The molecule has 0 radical (unpaired) electrons. The number of carbonyl (C=O) groups is 2. The molecule has 0 rings (SSSR count). The van der Waals surface area contributed by atoms with Gasteiger partial charge in [0.2, 0.25) is 5.78 Å². The molecular formula is C7H9ClO3. The molecule has 3 nitrogen and oxygen atoms in total. The van der Waals surface area contributed by atoms with Gasteiger partial charge in [-0.25, -0.2) is 0 Å². The number of hydrogen-bond donors (Lipinski definition) is 0. The van der Waals surface area contributed by atoms with Crippen LogP contribution in [0.1, 0.15) is 20.3 Å². The molecule has 0 unspecified atom stereocenters. The van der Waals surface area contributed by atoms with E-state index >= 15 is 0 Å². The topological polar surface area (TPSA) is 43.4 Å². The molecular weight excluding hydrogens is 168 g/mol. The second-order valence-corrected chi connectivity index (χ2v) is 2.19. The predicted molar refractivity (Wildman–Crippen MR) is 41.0 cm³/mol. The second kappa shape index (κ2) is 4.91. The molecule has 0 aliphatic carbocycles. The van der Waals surface area contributed by atoms with Crippen molar-refractivity contribution in [2.24, 2.45) is 0 Å². The third-order valence-electron chi connectivity index (χ3n) is 1.03. The fraction of sp³-hybridized carbons (Fsp3) is 0.429. The van der Waals surface area contributed by atoms with Gasteiger partial charge < -0.3 is 4.29 Å². The van der Waals surface area contributed by atoms with Crippen LogP contribution in [0.15, 0.2) is 11.8 Å². The van der Waals surface area contributed by atoms with Crippen LogP contribution in [-0.4, -0.2) is 11.6 Å². The molecule has 0 aliphatic heterocycles. The van der Waals surface area contributed by atoms with Crippen molar-refractivity contribution in [3.63, 3.8) is 0 Å². The minimum Gasteiger partial charge on any atom is -0.382 e. The summed E-state index contributed by atoms with van der Waals surface area (Å²) in [6.07, 6.45) is 1.25. The van der Waals surface area contributed by atoms with Crippen LogP contribution in [0.5, 0.6) is 0 Å². The molecule has 0 aliphatic rings. The van der Waals surface area contributed by atoms with Crippen molar-refractivity contribution < 1.29 is 13.9 Å². The highest BCUT2D eigenvalue weighted by Gasteiger charge is 2.11. The minimum atomic E-state index is -0.394. The average Bonchev–Trinajstić information content (AvgIpc) is 1.88. The molecule has 0 aromatic rings. The summed E-state index contributed by atoms with van der Waals surface area (Å²) in [5.41, 5.74) is 0. The molecule has 0 bridgehead atoms. The van der Waals surface area contributed by atoms with E-state index in [9.17, 15) is 9.59 Å². The number of hydrogen-bond acceptors (Lipinski definition) is 3. The van der Waals surface area contributed by atoms with Crippen LogP contribution in [0.2, 0.25) is 0 Å². The lowest BCUT2D eigenvalue weighted by atomic mass is 10.2. The Balaban J connectivity index is 4.12. The van der Waals surface area contributed by atoms with Crippen molar-refractivity contribution >= 4 is 23.4 Å². The molecule has 0 amide bonds. The largest absolute Gasteiger partial charge is 0.382 e. The average molecular weight is 177 g/mol. The van der Waals surface area contributed by atoms with Crippen LogP contribution < -0.4 is 0 Å². The molecule has 0 saturated heterocycles. The van der Waals surface area contributed by atoms with Crippen LogP contribution in [0.25, 0.3) is 0 Å². The Morgan fingerprint density at radius 3 is 2.36 bits per heavy atom. The number of rotatable bonds is 4. The van der Waals surface area contributed by atoms with E-state index in [1.54, 1.807) is 6.92 Å². The smallest absolute Gasteiger partial charge is 0.206 e. The fourth-order valence-electron chi connectivity index (χ4n) is 0.562. The maximum atomic E-state index is 10.9. The Hall–Kier alpha value is -0.830. The van der Waals surface area contributed by atoms with E-state index in [-0.39, 0.29) is 18.0 Å². The lowest BCUT2D eigenvalue weighted by Crippen LogP contribution is -2.07. The molecule has 0 atom stereocenters. The van der Waals surface area contributed by atoms with Gasteiger partial charge in [-0.15, -0.1) is 0 Å². The number of halogens is 1. The normalized spacial score (nSPS) is 11.0. The van der Waals surface area contributed by atoms with Gasteiger partial charge >= 0.3 is 0 Å². The molecule has 0 aromatic heterocycles. The minimum absolute atomic E-state index is 0.0156. The van der Waals surface area contributed by atoms with E-state index in [0.29, 0.717) is 0 Å². The molecule has 0 heterocycles. The third-order valence-corrected chi connectivity index (χ3v) is 1.20. The number of allylic oxidation sites excluding steroid dienone is 2. The van der Waals surface area contributed by atoms with Crippen LogP contribution in [-0.2, 0) is 13.9 Å². The lowest BCUT2D eigenvalue weighted by Gasteiger charge is -1.97. The van der Waals surface area contributed by atoms with Gasteiger partial charge in [0.25, 0.3) is 0 Å². The molecule has 0 N–H and O–H groups in total. The highest BCUT2D eigenvalue weighted by molar-refractivity contribution is 6.13. The number of ketones is 2. The lowest BCUT2D eigenvalue weighted by molar-refractivity contribution is -0.124. The summed E-state index contributed by atoms with van der Waals surface area (Å²) in [7, 11) is 0. The van der Waals surface area contributed by atoms with Gasteiger partial charge in [-0.2, -0.15) is 0 Å². The van der Waals surface area contributed by atoms with Crippen LogP contribution in [0.3, 0.4) is 0 Å². The fourth-order valence-corrected chi connectivity index (χ4v) is 0.737. The van der Waals surface area contributed by atoms with E-state index in [2.05, 4.69) is 4.29 Å². The molecule has 0 fully saturated rings. The van der Waals surface area contributed by atoms with E-state index < -0.39 is 5.78 Å². The van der Waals surface area contributed by atoms with Crippen molar-refractivity contribution in [2.45, 2.75) is 20.3 Å². The van der Waals surface area contributed by atoms with Gasteiger partial charge in [0.15, 0.2) is 5.76 Å². The summed E-state index contributed by atoms with van der Waals surface area (Å²) in [4.78, 5) is 21.4. The van der Waals surface area contributed by atoms with Crippen LogP contribution in [0, 0.1) is 0 Å². The van der Waals surface area contributed by atoms with Crippen molar-refractivity contribution in [1.29, 1.82) is 0 Å². The van der Waals surface area contributed by atoms with E-state index in [0.717, 1.165) is 0 Å². The van der Waals surface area contributed by atoms with E-state index in [1.807, 2.05) is 0 Å². The van der Waals surface area contributed by atoms with Gasteiger partial charge in [0.05, 0.1) is 6.42 Å². The first-order valence-electron chi connectivity index (χ1n) is 3.09. The number of carbonyl (C=O) groups excluding carboxylic acids is 2. The van der Waals surface area contributed by atoms with Crippen LogP contribution >= 0.6 is 11.9 Å². The number of Topliss-reactive ketones (excluding diaryl/α,β-unsaturated/α-hetero) is 2. The summed E-state index contributed by atoms with van der Waals surface area (Å²) in [5, 5.41) is 0. The zero-order chi connectivity index (χ0) is 8.85. The predicted octanol–water partition coefficient (Wildman–Crippen LogP) is 1.61. The Morgan fingerprint density at radius 2 is 2.09 bits per heavy atom. The Morgan fingerprint density at radius 1 is 1.55 bits per heavy atom. The Bertz CT molecular complexity index is 196. The summed E-state index contributed by atoms with van der Waals surface area (Å²) >= 11 is 4.95. The first kappa shape index (κ1) is 10.2. The maximum absolute atomic E-state index is 10.9. The highest BCUT2D eigenvalue weighted by Crippen LogP contribution is 2.04. The highest BCUT2D eigenvalue weighted by atomic mass is 35.5. The third kappa shape index (κ3) is 3.78. The molecule has 11 heavy (non-hydrogen) atoms. The van der Waals surface area contributed by atoms with Crippen molar-refractivity contribution in [2.75, 3.05) is 0 Å². The summed E-state index contributed by atoms with van der Waals surface area (Å²) in [6.45, 7) is 2.94. The molecule has 0 spiro atoms. The quantitative estimate of drug-likeness (QED) is 0.371. The van der Waals surface area contributed by atoms with Gasteiger partial charge in [-0.1, -0.05) is 0 Å². The van der Waals surface area contributed by atoms with Gasteiger partial charge in [0, 0.05) is 0 Å². The van der Waals surface area contributed by atoms with Crippen molar-refractivity contribution in [1.82, 2.24) is 0 Å². The second-order valence-electron chi connectivity index (χ2n) is 2.03. The summed E-state index contributed by atoms with van der Waals surface area (Å²) in [6, 6.07) is 0. The van der Waals surface area contributed by atoms with Crippen LogP contribution in [0.4, 0.5) is 0 Å². The zero-order valence-corrected chi connectivity index (χ0v) is 7.14. The Kier molecular flexibility index (Phi) is 4.54. The SMILES string of the molecule is CC=C(OCl)C(=O)CC(C)=O. The molecule has 62 valence electrons. The first-order chi connectivity index (χ1) is 5.11. The summed E-state index contributed by atoms with van der Waals surface area (Å²) < 4.78 is 4.19. The zero-order valence-electron chi connectivity index (χ0n) is 6.39.